The highest BCUT2D eigenvalue weighted by atomic mass is 127. The van der Waals surface area contributed by atoms with Crippen molar-refractivity contribution in [3.63, 3.8) is 0 Å². The summed E-state index contributed by atoms with van der Waals surface area (Å²) in [4.78, 5) is 6.64. The molecule has 0 spiro atoms. The molecule has 3 N–H and O–H groups in total. The Bertz CT molecular complexity index is 769. The summed E-state index contributed by atoms with van der Waals surface area (Å²) < 4.78 is 35.3. The molecule has 0 saturated carbocycles. The summed E-state index contributed by atoms with van der Waals surface area (Å²) >= 11 is 0. The second-order valence-corrected chi connectivity index (χ2v) is 8.94. The van der Waals surface area contributed by atoms with Gasteiger partial charge in [-0.3, -0.25) is 9.89 Å². The molecule has 1 aromatic rings. The van der Waals surface area contributed by atoms with E-state index in [1.165, 1.54) is 0 Å². The Labute approximate surface area is 197 Å². The van der Waals surface area contributed by atoms with Crippen molar-refractivity contribution < 1.29 is 17.9 Å². The molecule has 1 fully saturated rings. The van der Waals surface area contributed by atoms with Crippen LogP contribution in [-0.4, -0.2) is 79.0 Å². The molecule has 2 rings (SSSR count). The molecule has 1 aliphatic heterocycles. The minimum Gasteiger partial charge on any atom is -0.497 e. The summed E-state index contributed by atoms with van der Waals surface area (Å²) in [5.74, 6) is 2.32. The zero-order valence-corrected chi connectivity index (χ0v) is 21.2. The average molecular weight is 555 g/mol. The molecule has 172 valence electrons. The summed E-state index contributed by atoms with van der Waals surface area (Å²) in [6.07, 6.45) is 2.87. The zero-order chi connectivity index (χ0) is 21.3. The molecule has 0 aliphatic carbocycles. The molecule has 1 unspecified atom stereocenters. The Hall–Kier alpha value is -1.31. The number of rotatable bonds is 10. The fourth-order valence-electron chi connectivity index (χ4n) is 3.25. The summed E-state index contributed by atoms with van der Waals surface area (Å²) in [7, 11) is 1.91. The van der Waals surface area contributed by atoms with E-state index in [4.69, 9.17) is 9.47 Å². The van der Waals surface area contributed by atoms with Crippen LogP contribution in [0.15, 0.2) is 23.2 Å². The summed E-state index contributed by atoms with van der Waals surface area (Å²) in [6.45, 7) is 3.78. The van der Waals surface area contributed by atoms with E-state index < -0.39 is 10.0 Å². The first-order valence-electron chi connectivity index (χ1n) is 9.69. The molecule has 0 bridgehead atoms. The van der Waals surface area contributed by atoms with E-state index in [1.54, 1.807) is 21.3 Å². The first-order chi connectivity index (χ1) is 13.8. The van der Waals surface area contributed by atoms with Gasteiger partial charge in [-0.15, -0.1) is 24.0 Å². The molecule has 0 radical (unpaired) electrons. The lowest BCUT2D eigenvalue weighted by molar-refractivity contribution is 0.321. The van der Waals surface area contributed by atoms with Crippen molar-refractivity contribution in [3.8, 4) is 11.5 Å². The van der Waals surface area contributed by atoms with E-state index >= 15 is 0 Å². The van der Waals surface area contributed by atoms with Gasteiger partial charge in [-0.2, -0.15) is 0 Å². The highest BCUT2D eigenvalue weighted by Gasteiger charge is 2.23. The Morgan fingerprint density at radius 2 is 1.87 bits per heavy atom. The van der Waals surface area contributed by atoms with Gasteiger partial charge in [0.15, 0.2) is 5.96 Å². The van der Waals surface area contributed by atoms with Crippen LogP contribution in [0.5, 0.6) is 11.5 Å². The number of hydrogen-bond donors (Lipinski definition) is 3. The van der Waals surface area contributed by atoms with E-state index in [-0.39, 0.29) is 24.0 Å². The number of likely N-dealkylation sites (tertiary alicyclic amines) is 1. The minimum atomic E-state index is -3.13. The SMILES string of the molecule is CN=C(NCCCNS(C)(=O)=O)NC1CCN(Cc2cc(OC)cc(OC)c2)C1.I. The van der Waals surface area contributed by atoms with Gasteiger partial charge in [0.2, 0.25) is 10.0 Å². The molecular weight excluding hydrogens is 521 g/mol. The molecule has 30 heavy (non-hydrogen) atoms. The third-order valence-corrected chi connectivity index (χ3v) is 5.39. The number of halogens is 1. The second-order valence-electron chi connectivity index (χ2n) is 7.11. The van der Waals surface area contributed by atoms with E-state index in [9.17, 15) is 8.42 Å². The Morgan fingerprint density at radius 1 is 1.20 bits per heavy atom. The molecule has 1 atom stereocenters. The van der Waals surface area contributed by atoms with E-state index in [0.717, 1.165) is 55.3 Å². The normalized spacial score (nSPS) is 17.3. The van der Waals surface area contributed by atoms with Crippen LogP contribution >= 0.6 is 24.0 Å². The van der Waals surface area contributed by atoms with Gasteiger partial charge in [0.25, 0.3) is 0 Å². The molecule has 9 nitrogen and oxygen atoms in total. The monoisotopic (exact) mass is 555 g/mol. The lowest BCUT2D eigenvalue weighted by Gasteiger charge is -2.19. The van der Waals surface area contributed by atoms with Gasteiger partial charge in [0.05, 0.1) is 20.5 Å². The first-order valence-corrected chi connectivity index (χ1v) is 11.6. The molecular formula is C19H34IN5O4S. The van der Waals surface area contributed by atoms with Crippen LogP contribution in [0.2, 0.25) is 0 Å². The quantitative estimate of drug-likeness (QED) is 0.171. The highest BCUT2D eigenvalue weighted by molar-refractivity contribution is 14.0. The van der Waals surface area contributed by atoms with Crippen LogP contribution in [0.1, 0.15) is 18.4 Å². The number of aliphatic imine (C=N–C) groups is 1. The number of hydrogen-bond acceptors (Lipinski definition) is 6. The number of sulfonamides is 1. The lowest BCUT2D eigenvalue weighted by atomic mass is 10.2. The van der Waals surface area contributed by atoms with Crippen LogP contribution in [0.25, 0.3) is 0 Å². The van der Waals surface area contributed by atoms with Crippen molar-refractivity contribution >= 4 is 40.0 Å². The fourth-order valence-corrected chi connectivity index (χ4v) is 3.77. The predicted molar refractivity (Wildman–Crippen MR) is 131 cm³/mol. The number of nitrogens with zero attached hydrogens (tertiary/aromatic N) is 2. The van der Waals surface area contributed by atoms with Gasteiger partial charge in [-0.25, -0.2) is 13.1 Å². The van der Waals surface area contributed by atoms with Crippen LogP contribution in [0.3, 0.4) is 0 Å². The van der Waals surface area contributed by atoms with Crippen molar-refractivity contribution in [2.75, 3.05) is 53.7 Å². The minimum absolute atomic E-state index is 0. The predicted octanol–water partition coefficient (Wildman–Crippen LogP) is 1.00. The van der Waals surface area contributed by atoms with Gasteiger partial charge in [0.1, 0.15) is 11.5 Å². The highest BCUT2D eigenvalue weighted by Crippen LogP contribution is 2.24. The Morgan fingerprint density at radius 3 is 2.43 bits per heavy atom. The van der Waals surface area contributed by atoms with Crippen molar-refractivity contribution in [2.24, 2.45) is 4.99 Å². The van der Waals surface area contributed by atoms with Crippen LogP contribution in [-0.2, 0) is 16.6 Å². The summed E-state index contributed by atoms with van der Waals surface area (Å²) in [5, 5.41) is 6.67. The van der Waals surface area contributed by atoms with E-state index in [2.05, 4.69) is 25.2 Å². The van der Waals surface area contributed by atoms with Crippen molar-refractivity contribution in [2.45, 2.75) is 25.4 Å². The Kier molecular flexibility index (Phi) is 11.7. The summed E-state index contributed by atoms with van der Waals surface area (Å²) in [6, 6.07) is 6.25. The number of guanidine groups is 1. The van der Waals surface area contributed by atoms with Crippen molar-refractivity contribution in [1.29, 1.82) is 0 Å². The van der Waals surface area contributed by atoms with E-state index in [0.29, 0.717) is 25.6 Å². The largest absolute Gasteiger partial charge is 0.497 e. The van der Waals surface area contributed by atoms with Gasteiger partial charge in [0, 0.05) is 51.9 Å². The smallest absolute Gasteiger partial charge is 0.208 e. The molecule has 11 heteroatoms. The van der Waals surface area contributed by atoms with Crippen LogP contribution in [0.4, 0.5) is 0 Å². The average Bonchev–Trinajstić information content (AvgIpc) is 3.12. The number of benzene rings is 1. The third kappa shape index (κ3) is 9.67. The molecule has 1 heterocycles. The fraction of sp³-hybridized carbons (Fsp3) is 0.632. The maximum Gasteiger partial charge on any atom is 0.208 e. The third-order valence-electron chi connectivity index (χ3n) is 4.66. The van der Waals surface area contributed by atoms with Gasteiger partial charge < -0.3 is 20.1 Å². The van der Waals surface area contributed by atoms with Gasteiger partial charge >= 0.3 is 0 Å². The van der Waals surface area contributed by atoms with Crippen molar-refractivity contribution in [3.05, 3.63) is 23.8 Å². The maximum atomic E-state index is 11.1. The second kappa shape index (κ2) is 13.2. The molecule has 0 amide bonds. The zero-order valence-electron chi connectivity index (χ0n) is 18.1. The van der Waals surface area contributed by atoms with Gasteiger partial charge in [-0.05, 0) is 30.5 Å². The molecule has 0 aromatic heterocycles. The number of ether oxygens (including phenoxy) is 2. The molecule has 1 aromatic carbocycles. The summed E-state index contributed by atoms with van der Waals surface area (Å²) in [5.41, 5.74) is 1.16. The van der Waals surface area contributed by atoms with Crippen LogP contribution in [0, 0.1) is 0 Å². The first kappa shape index (κ1) is 26.7. The molecule has 1 aliphatic rings. The van der Waals surface area contributed by atoms with E-state index in [1.807, 2.05) is 18.2 Å². The number of nitrogens with one attached hydrogen (secondary N) is 3. The Balaban J connectivity index is 0.00000450. The topological polar surface area (TPSA) is 104 Å². The van der Waals surface area contributed by atoms with Gasteiger partial charge in [-0.1, -0.05) is 0 Å². The molecule has 1 saturated heterocycles. The lowest BCUT2D eigenvalue weighted by Crippen LogP contribution is -2.45. The van der Waals surface area contributed by atoms with Crippen LogP contribution < -0.4 is 24.8 Å². The van der Waals surface area contributed by atoms with Crippen molar-refractivity contribution in [1.82, 2.24) is 20.3 Å². The maximum absolute atomic E-state index is 11.1. The standard InChI is InChI=1S/C19H33N5O4S.HI/c1-20-19(21-7-5-8-22-29(4,25)26)23-16-6-9-24(14-16)13-15-10-17(27-2)12-18(11-15)28-3;/h10-12,16,22H,5-9,13-14H2,1-4H3,(H2,20,21,23);1H. The number of methoxy groups -OCH3 is 2.